The van der Waals surface area contributed by atoms with Crippen LogP contribution in [0.3, 0.4) is 0 Å². The smallest absolute Gasteiger partial charge is 0.478 e. The number of rotatable bonds is 4. The first-order chi connectivity index (χ1) is 11.1. The van der Waals surface area contributed by atoms with Crippen molar-refractivity contribution in [3.63, 3.8) is 0 Å². The second-order valence-corrected chi connectivity index (χ2v) is 4.94. The predicted octanol–water partition coefficient (Wildman–Crippen LogP) is 3.75. The van der Waals surface area contributed by atoms with Gasteiger partial charge in [0.05, 0.1) is 21.8 Å². The SMILES string of the molecule is Nc1c(C(=O)O)ccc(C(=O)c2ccccc2OC(F)(F)F)c1Cl. The Kier molecular flexibility index (Phi) is 4.70. The van der Waals surface area contributed by atoms with Gasteiger partial charge in [0.15, 0.2) is 5.78 Å². The summed E-state index contributed by atoms with van der Waals surface area (Å²) in [6, 6.07) is 6.84. The molecule has 9 heteroatoms. The number of alkyl halides is 3. The van der Waals surface area contributed by atoms with Crippen molar-refractivity contribution in [2.24, 2.45) is 0 Å². The summed E-state index contributed by atoms with van der Waals surface area (Å²) in [5, 5.41) is 8.58. The maximum atomic E-state index is 12.5. The number of para-hydroxylation sites is 1. The first-order valence-electron chi connectivity index (χ1n) is 6.32. The van der Waals surface area contributed by atoms with Gasteiger partial charge in [-0.15, -0.1) is 13.2 Å². The number of halogens is 4. The van der Waals surface area contributed by atoms with Crippen LogP contribution in [0.25, 0.3) is 0 Å². The van der Waals surface area contributed by atoms with Gasteiger partial charge in [0.25, 0.3) is 0 Å². The number of aromatic carboxylic acids is 1. The van der Waals surface area contributed by atoms with Crippen molar-refractivity contribution in [1.82, 2.24) is 0 Å². The molecule has 126 valence electrons. The molecule has 0 aromatic heterocycles. The van der Waals surface area contributed by atoms with E-state index in [0.29, 0.717) is 0 Å². The number of carbonyl (C=O) groups is 2. The van der Waals surface area contributed by atoms with Gasteiger partial charge in [-0.05, 0) is 24.3 Å². The minimum absolute atomic E-state index is 0.239. The van der Waals surface area contributed by atoms with Crippen molar-refractivity contribution in [3.8, 4) is 5.75 Å². The third-order valence-corrected chi connectivity index (χ3v) is 3.42. The molecular formula is C15H9ClF3NO4. The summed E-state index contributed by atoms with van der Waals surface area (Å²) in [5.41, 5.74) is 4.26. The fraction of sp³-hybridized carbons (Fsp3) is 0.0667. The van der Waals surface area contributed by atoms with E-state index < -0.39 is 23.9 Å². The minimum atomic E-state index is -4.98. The van der Waals surface area contributed by atoms with Crippen molar-refractivity contribution in [3.05, 3.63) is 58.1 Å². The lowest BCUT2D eigenvalue weighted by Crippen LogP contribution is -2.19. The maximum absolute atomic E-state index is 12.5. The molecule has 0 aliphatic heterocycles. The topological polar surface area (TPSA) is 89.6 Å². The number of nitrogens with two attached hydrogens (primary N) is 1. The standard InChI is InChI=1S/C15H9ClF3NO4/c16-11-8(5-6-9(12(11)20)14(22)23)13(21)7-3-1-2-4-10(7)24-15(17,18)19/h1-6H,20H2,(H,22,23). The molecule has 0 unspecified atom stereocenters. The molecule has 0 spiro atoms. The molecule has 0 saturated carbocycles. The highest BCUT2D eigenvalue weighted by Gasteiger charge is 2.33. The van der Waals surface area contributed by atoms with Gasteiger partial charge in [0, 0.05) is 5.56 Å². The lowest BCUT2D eigenvalue weighted by Gasteiger charge is -2.14. The van der Waals surface area contributed by atoms with Crippen LogP contribution in [0, 0.1) is 0 Å². The van der Waals surface area contributed by atoms with Gasteiger partial charge in [0.1, 0.15) is 5.75 Å². The molecule has 0 saturated heterocycles. The number of carboxylic acids is 1. The molecule has 5 nitrogen and oxygen atoms in total. The number of benzene rings is 2. The normalized spacial score (nSPS) is 11.2. The third kappa shape index (κ3) is 3.60. The largest absolute Gasteiger partial charge is 0.573 e. The first-order valence-corrected chi connectivity index (χ1v) is 6.70. The van der Waals surface area contributed by atoms with Crippen LogP contribution in [-0.4, -0.2) is 23.2 Å². The number of nitrogen functional groups attached to an aromatic ring is 1. The zero-order valence-corrected chi connectivity index (χ0v) is 12.5. The van der Waals surface area contributed by atoms with Crippen molar-refractivity contribution in [2.45, 2.75) is 6.36 Å². The maximum Gasteiger partial charge on any atom is 0.573 e. The fourth-order valence-corrected chi connectivity index (χ4v) is 2.22. The molecular weight excluding hydrogens is 351 g/mol. The summed E-state index contributed by atoms with van der Waals surface area (Å²) in [6.45, 7) is 0. The molecule has 0 bridgehead atoms. The second kappa shape index (κ2) is 6.40. The summed E-state index contributed by atoms with van der Waals surface area (Å²) in [5.74, 6) is -2.94. The molecule has 0 amide bonds. The Morgan fingerprint density at radius 2 is 1.62 bits per heavy atom. The number of hydrogen-bond donors (Lipinski definition) is 2. The highest BCUT2D eigenvalue weighted by Crippen LogP contribution is 2.32. The Bertz CT molecular complexity index is 821. The molecule has 0 radical (unpaired) electrons. The second-order valence-electron chi connectivity index (χ2n) is 4.57. The Balaban J connectivity index is 2.51. The van der Waals surface area contributed by atoms with E-state index in [9.17, 15) is 22.8 Å². The third-order valence-electron chi connectivity index (χ3n) is 3.01. The lowest BCUT2D eigenvalue weighted by molar-refractivity contribution is -0.274. The highest BCUT2D eigenvalue weighted by atomic mass is 35.5. The molecule has 0 aliphatic carbocycles. The summed E-state index contributed by atoms with van der Waals surface area (Å²) in [6.07, 6.45) is -4.98. The monoisotopic (exact) mass is 359 g/mol. The van der Waals surface area contributed by atoms with Crippen LogP contribution in [-0.2, 0) is 0 Å². The Hall–Kier alpha value is -2.74. The molecule has 2 aromatic carbocycles. The van der Waals surface area contributed by atoms with E-state index in [-0.39, 0.29) is 27.4 Å². The average molecular weight is 360 g/mol. The van der Waals surface area contributed by atoms with Crippen LogP contribution >= 0.6 is 11.6 Å². The highest BCUT2D eigenvalue weighted by molar-refractivity contribution is 6.38. The Labute approximate surface area is 138 Å². The molecule has 2 aromatic rings. The van der Waals surface area contributed by atoms with Crippen LogP contribution < -0.4 is 10.5 Å². The summed E-state index contributed by atoms with van der Waals surface area (Å²) in [7, 11) is 0. The van der Waals surface area contributed by atoms with E-state index in [1.54, 1.807) is 0 Å². The van der Waals surface area contributed by atoms with Crippen molar-refractivity contribution in [1.29, 1.82) is 0 Å². The van der Waals surface area contributed by atoms with Gasteiger partial charge in [-0.25, -0.2) is 4.79 Å². The van der Waals surface area contributed by atoms with Gasteiger partial charge >= 0.3 is 12.3 Å². The number of ketones is 1. The Morgan fingerprint density at radius 1 is 1.04 bits per heavy atom. The number of carboxylic acid groups (broad SMARTS) is 1. The van der Waals surface area contributed by atoms with E-state index >= 15 is 0 Å². The van der Waals surface area contributed by atoms with Gasteiger partial charge in [-0.3, -0.25) is 4.79 Å². The minimum Gasteiger partial charge on any atom is -0.478 e. The number of carbonyl (C=O) groups excluding carboxylic acids is 1. The molecule has 0 heterocycles. The fourth-order valence-electron chi connectivity index (χ4n) is 1.97. The van der Waals surface area contributed by atoms with Gasteiger partial charge < -0.3 is 15.6 Å². The zero-order valence-electron chi connectivity index (χ0n) is 11.7. The van der Waals surface area contributed by atoms with E-state index in [1.165, 1.54) is 12.1 Å². The average Bonchev–Trinajstić information content (AvgIpc) is 2.48. The summed E-state index contributed by atoms with van der Waals surface area (Å²) < 4.78 is 41.1. The zero-order chi connectivity index (χ0) is 18.1. The summed E-state index contributed by atoms with van der Waals surface area (Å²) in [4.78, 5) is 23.4. The van der Waals surface area contributed by atoms with E-state index in [0.717, 1.165) is 24.3 Å². The lowest BCUT2D eigenvalue weighted by atomic mass is 10.00. The van der Waals surface area contributed by atoms with Crippen molar-refractivity contribution >= 4 is 29.0 Å². The first kappa shape index (κ1) is 17.6. The molecule has 0 fully saturated rings. The number of ether oxygens (including phenoxy) is 1. The number of anilines is 1. The van der Waals surface area contributed by atoms with Gasteiger partial charge in [0.2, 0.25) is 0 Å². The predicted molar refractivity (Wildman–Crippen MR) is 79.4 cm³/mol. The van der Waals surface area contributed by atoms with Crippen molar-refractivity contribution < 1.29 is 32.6 Å². The van der Waals surface area contributed by atoms with E-state index in [1.807, 2.05) is 0 Å². The van der Waals surface area contributed by atoms with E-state index in [2.05, 4.69) is 4.74 Å². The molecule has 3 N–H and O–H groups in total. The van der Waals surface area contributed by atoms with Crippen molar-refractivity contribution in [2.75, 3.05) is 5.73 Å². The van der Waals surface area contributed by atoms with Crippen LogP contribution in [0.4, 0.5) is 18.9 Å². The summed E-state index contributed by atoms with van der Waals surface area (Å²) >= 11 is 5.90. The van der Waals surface area contributed by atoms with Crippen LogP contribution in [0.15, 0.2) is 36.4 Å². The van der Waals surface area contributed by atoms with Gasteiger partial charge in [-0.1, -0.05) is 23.7 Å². The molecule has 24 heavy (non-hydrogen) atoms. The Morgan fingerprint density at radius 3 is 2.21 bits per heavy atom. The quantitative estimate of drug-likeness (QED) is 0.641. The van der Waals surface area contributed by atoms with Crippen LogP contribution in [0.1, 0.15) is 26.3 Å². The number of hydrogen-bond acceptors (Lipinski definition) is 4. The molecule has 0 aliphatic rings. The molecule has 0 atom stereocenters. The molecule has 2 rings (SSSR count). The van der Waals surface area contributed by atoms with E-state index in [4.69, 9.17) is 22.4 Å². The van der Waals surface area contributed by atoms with Crippen LogP contribution in [0.5, 0.6) is 5.75 Å². The van der Waals surface area contributed by atoms with Gasteiger partial charge in [-0.2, -0.15) is 0 Å². The van der Waals surface area contributed by atoms with Crippen LogP contribution in [0.2, 0.25) is 5.02 Å².